The normalized spacial score (nSPS) is 16.1. The van der Waals surface area contributed by atoms with Gasteiger partial charge in [-0.1, -0.05) is 66.8 Å². The zero-order chi connectivity index (χ0) is 21.7. The molecule has 1 amide bonds. The summed E-state index contributed by atoms with van der Waals surface area (Å²) >= 11 is 3.01. The van der Waals surface area contributed by atoms with E-state index in [0.717, 1.165) is 21.2 Å². The largest absolute Gasteiger partial charge is 0.300 e. The summed E-state index contributed by atoms with van der Waals surface area (Å²) in [5.41, 5.74) is 1.83. The fourth-order valence-corrected chi connectivity index (χ4v) is 6.55. The van der Waals surface area contributed by atoms with Crippen molar-refractivity contribution in [3.63, 3.8) is 0 Å². The summed E-state index contributed by atoms with van der Waals surface area (Å²) in [6.07, 6.45) is 1.01. The first kappa shape index (κ1) is 23.2. The van der Waals surface area contributed by atoms with Gasteiger partial charge in [-0.3, -0.25) is 4.79 Å². The molecule has 10 heteroatoms. The number of anilines is 1. The number of aromatic nitrogens is 2. The van der Waals surface area contributed by atoms with E-state index in [4.69, 9.17) is 0 Å². The Morgan fingerprint density at radius 3 is 2.70 bits per heavy atom. The molecule has 1 aliphatic rings. The lowest BCUT2D eigenvalue weighted by atomic mass is 9.97. The fraction of sp³-hybridized carbons (Fsp3) is 0.550. The number of rotatable bonds is 8. The minimum Gasteiger partial charge on any atom is -0.300 e. The maximum Gasteiger partial charge on any atom is 0.229 e. The van der Waals surface area contributed by atoms with Crippen LogP contribution in [0, 0.1) is 18.8 Å². The molecule has 0 spiro atoms. The molecule has 7 nitrogen and oxygen atoms in total. The van der Waals surface area contributed by atoms with Crippen LogP contribution < -0.4 is 5.32 Å². The number of benzene rings is 1. The van der Waals surface area contributed by atoms with E-state index >= 15 is 0 Å². The minimum absolute atomic E-state index is 0.00680. The van der Waals surface area contributed by atoms with Gasteiger partial charge in [0.05, 0.1) is 5.75 Å². The summed E-state index contributed by atoms with van der Waals surface area (Å²) in [4.78, 5) is 12.6. The predicted octanol–water partition coefficient (Wildman–Crippen LogP) is 3.78. The van der Waals surface area contributed by atoms with Crippen molar-refractivity contribution in [2.45, 2.75) is 43.7 Å². The van der Waals surface area contributed by atoms with Gasteiger partial charge in [0.25, 0.3) is 0 Å². The third kappa shape index (κ3) is 6.50. The number of amides is 1. The standard InChI is InChI=1S/C20H28N4O3S3/c1-14(2)12-28-20-23-22-19(29-20)21-18(25)17-7-9-24(10-8-17)30(26,27)13-16-6-4-5-15(3)11-16/h4-6,11,14,17H,7-10,12-13H2,1-3H3,(H,21,22,25). The van der Waals surface area contributed by atoms with Crippen LogP contribution in [-0.4, -0.2) is 47.7 Å². The van der Waals surface area contributed by atoms with E-state index in [1.54, 1.807) is 11.8 Å². The van der Waals surface area contributed by atoms with Crippen molar-refractivity contribution < 1.29 is 13.2 Å². The first-order valence-electron chi connectivity index (χ1n) is 10.0. The summed E-state index contributed by atoms with van der Waals surface area (Å²) < 4.78 is 27.9. The Morgan fingerprint density at radius 2 is 2.03 bits per heavy atom. The van der Waals surface area contributed by atoms with Crippen molar-refractivity contribution in [1.82, 2.24) is 14.5 Å². The van der Waals surface area contributed by atoms with E-state index in [9.17, 15) is 13.2 Å². The van der Waals surface area contributed by atoms with E-state index in [1.807, 2.05) is 31.2 Å². The molecular weight excluding hydrogens is 440 g/mol. The van der Waals surface area contributed by atoms with Crippen LogP contribution in [0.25, 0.3) is 0 Å². The molecular formula is C20H28N4O3S3. The highest BCUT2D eigenvalue weighted by atomic mass is 32.2. The van der Waals surface area contributed by atoms with Gasteiger partial charge >= 0.3 is 0 Å². The van der Waals surface area contributed by atoms with E-state index in [-0.39, 0.29) is 17.6 Å². The van der Waals surface area contributed by atoms with Gasteiger partial charge in [-0.15, -0.1) is 10.2 Å². The second-order valence-electron chi connectivity index (χ2n) is 7.99. The summed E-state index contributed by atoms with van der Waals surface area (Å²) in [7, 11) is -3.39. The number of sulfonamides is 1. The lowest BCUT2D eigenvalue weighted by Gasteiger charge is -2.30. The molecule has 2 heterocycles. The van der Waals surface area contributed by atoms with Crippen molar-refractivity contribution in [3.05, 3.63) is 35.4 Å². The minimum atomic E-state index is -3.39. The van der Waals surface area contributed by atoms with Crippen LogP contribution in [0.3, 0.4) is 0 Å². The molecule has 30 heavy (non-hydrogen) atoms. The lowest BCUT2D eigenvalue weighted by Crippen LogP contribution is -2.41. The Kier molecular flexibility index (Phi) is 7.89. The van der Waals surface area contributed by atoms with Crippen LogP contribution in [0.15, 0.2) is 28.6 Å². The third-order valence-electron chi connectivity index (χ3n) is 4.83. The molecule has 2 aromatic rings. The topological polar surface area (TPSA) is 92.3 Å². The highest BCUT2D eigenvalue weighted by molar-refractivity contribution is 8.01. The molecule has 1 fully saturated rings. The fourth-order valence-electron chi connectivity index (χ4n) is 3.26. The molecule has 0 unspecified atom stereocenters. The van der Waals surface area contributed by atoms with Crippen LogP contribution in [0.2, 0.25) is 0 Å². The van der Waals surface area contributed by atoms with Gasteiger partial charge in [0, 0.05) is 24.8 Å². The molecule has 1 N–H and O–H groups in total. The number of aryl methyl sites for hydroxylation is 1. The Bertz CT molecular complexity index is 967. The number of nitrogens with zero attached hydrogens (tertiary/aromatic N) is 3. The van der Waals surface area contributed by atoms with Gasteiger partial charge in [-0.25, -0.2) is 12.7 Å². The van der Waals surface area contributed by atoms with Crippen molar-refractivity contribution in [2.24, 2.45) is 11.8 Å². The molecule has 0 radical (unpaired) electrons. The van der Waals surface area contributed by atoms with Crippen LogP contribution in [0.5, 0.6) is 0 Å². The third-order valence-corrected chi connectivity index (χ3v) is 9.08. The Labute approximate surface area is 186 Å². The molecule has 1 aromatic heterocycles. The zero-order valence-electron chi connectivity index (χ0n) is 17.5. The van der Waals surface area contributed by atoms with E-state index in [1.165, 1.54) is 15.6 Å². The molecule has 1 aliphatic heterocycles. The summed E-state index contributed by atoms with van der Waals surface area (Å²) in [6, 6.07) is 7.55. The van der Waals surface area contributed by atoms with Gasteiger partial charge in [0.15, 0.2) is 4.34 Å². The average Bonchev–Trinajstić information content (AvgIpc) is 3.13. The SMILES string of the molecule is Cc1cccc(CS(=O)(=O)N2CCC(C(=O)Nc3nnc(SCC(C)C)s3)CC2)c1. The highest BCUT2D eigenvalue weighted by Crippen LogP contribution is 2.28. The Balaban J connectivity index is 1.50. The summed E-state index contributed by atoms with van der Waals surface area (Å²) in [6.45, 7) is 6.95. The number of hydrogen-bond acceptors (Lipinski definition) is 7. The van der Waals surface area contributed by atoms with Crippen LogP contribution in [0.1, 0.15) is 37.8 Å². The zero-order valence-corrected chi connectivity index (χ0v) is 19.9. The average molecular weight is 469 g/mol. The first-order valence-corrected chi connectivity index (χ1v) is 13.4. The van der Waals surface area contributed by atoms with Crippen LogP contribution in [0.4, 0.5) is 5.13 Å². The van der Waals surface area contributed by atoms with Crippen LogP contribution >= 0.6 is 23.1 Å². The number of hydrogen-bond donors (Lipinski definition) is 1. The number of piperidine rings is 1. The molecule has 1 saturated heterocycles. The smallest absolute Gasteiger partial charge is 0.229 e. The second kappa shape index (κ2) is 10.2. The Hall–Kier alpha value is -1.49. The summed E-state index contributed by atoms with van der Waals surface area (Å²) in [5, 5.41) is 11.5. The molecule has 0 saturated carbocycles. The number of carbonyl (C=O) groups is 1. The van der Waals surface area contributed by atoms with Gasteiger partial charge < -0.3 is 5.32 Å². The quantitative estimate of drug-likeness (QED) is 0.468. The number of carbonyl (C=O) groups excluding carboxylic acids is 1. The van der Waals surface area contributed by atoms with Crippen LogP contribution in [-0.2, 0) is 20.6 Å². The lowest BCUT2D eigenvalue weighted by molar-refractivity contribution is -0.120. The molecule has 1 aromatic carbocycles. The van der Waals surface area contributed by atoms with Crippen molar-refractivity contribution in [1.29, 1.82) is 0 Å². The van der Waals surface area contributed by atoms with Crippen molar-refractivity contribution in [3.8, 4) is 0 Å². The second-order valence-corrected chi connectivity index (χ2v) is 12.2. The molecule has 0 bridgehead atoms. The van der Waals surface area contributed by atoms with E-state index < -0.39 is 10.0 Å². The first-order chi connectivity index (χ1) is 14.2. The van der Waals surface area contributed by atoms with Gasteiger partial charge in [0.1, 0.15) is 0 Å². The van der Waals surface area contributed by atoms with Gasteiger partial charge in [-0.2, -0.15) is 0 Å². The van der Waals surface area contributed by atoms with Gasteiger partial charge in [0.2, 0.25) is 21.1 Å². The van der Waals surface area contributed by atoms with Crippen molar-refractivity contribution >= 4 is 44.2 Å². The molecule has 3 rings (SSSR count). The number of nitrogens with one attached hydrogen (secondary N) is 1. The highest BCUT2D eigenvalue weighted by Gasteiger charge is 2.31. The molecule has 0 atom stereocenters. The number of thioether (sulfide) groups is 1. The molecule has 0 aliphatic carbocycles. The van der Waals surface area contributed by atoms with Gasteiger partial charge in [-0.05, 0) is 31.2 Å². The Morgan fingerprint density at radius 1 is 1.30 bits per heavy atom. The molecule has 164 valence electrons. The van der Waals surface area contributed by atoms with Crippen molar-refractivity contribution in [2.75, 3.05) is 24.2 Å². The summed E-state index contributed by atoms with van der Waals surface area (Å²) in [5.74, 6) is 1.18. The monoisotopic (exact) mass is 468 g/mol. The van der Waals surface area contributed by atoms with E-state index in [0.29, 0.717) is 37.0 Å². The van der Waals surface area contributed by atoms with E-state index in [2.05, 4.69) is 29.4 Å². The predicted molar refractivity (Wildman–Crippen MR) is 122 cm³/mol. The maximum absolute atomic E-state index is 12.8. The maximum atomic E-state index is 12.8.